The monoisotopic (exact) mass is 742 g/mol. The summed E-state index contributed by atoms with van der Waals surface area (Å²) >= 11 is 0. The van der Waals surface area contributed by atoms with Crippen LogP contribution in [0.25, 0.3) is 0 Å². The Morgan fingerprint density at radius 1 is 0.788 bits per heavy atom. The van der Waals surface area contributed by atoms with E-state index in [1.807, 2.05) is 18.2 Å². The first-order valence-corrected chi connectivity index (χ1v) is 19.7. The van der Waals surface area contributed by atoms with Crippen LogP contribution in [0.3, 0.4) is 0 Å². The van der Waals surface area contributed by atoms with E-state index in [0.717, 1.165) is 30.9 Å². The Hall–Kier alpha value is -4.10. The van der Waals surface area contributed by atoms with Crippen LogP contribution in [0, 0.1) is 13.8 Å². The van der Waals surface area contributed by atoms with E-state index in [0.29, 0.717) is 0 Å². The Morgan fingerprint density at radius 3 is 2.04 bits per heavy atom. The number of fused-ring (bicyclic) bond motifs is 2. The number of unbranched alkanes of at least 4 members (excludes halogenated alkanes) is 1. The molecule has 3 aromatic carbocycles. The third kappa shape index (κ3) is 9.09. The molecule has 0 unspecified atom stereocenters. The summed E-state index contributed by atoms with van der Waals surface area (Å²) in [5.74, 6) is 1.87. The van der Waals surface area contributed by atoms with Gasteiger partial charge in [0.2, 0.25) is 5.69 Å². The van der Waals surface area contributed by atoms with Gasteiger partial charge in [-0.3, -0.25) is 0 Å². The third-order valence-electron chi connectivity index (χ3n) is 10.1. The molecular formula is C42H49F6N2OP. The molecule has 0 saturated heterocycles. The number of anilines is 1. The van der Waals surface area contributed by atoms with Crippen LogP contribution in [-0.4, -0.2) is 23.9 Å². The van der Waals surface area contributed by atoms with Crippen LogP contribution in [0.1, 0.15) is 82.6 Å². The molecule has 0 radical (unpaired) electrons. The van der Waals surface area contributed by atoms with Crippen LogP contribution in [0.15, 0.2) is 114 Å². The van der Waals surface area contributed by atoms with Crippen LogP contribution in [0.5, 0.6) is 5.75 Å². The predicted molar refractivity (Wildman–Crippen MR) is 204 cm³/mol. The van der Waals surface area contributed by atoms with E-state index in [2.05, 4.69) is 138 Å². The average molecular weight is 743 g/mol. The number of nitrogens with zero attached hydrogens (tertiary/aromatic N) is 2. The minimum atomic E-state index is -10.7. The summed E-state index contributed by atoms with van der Waals surface area (Å²) in [7, 11) is -8.47. The van der Waals surface area contributed by atoms with Gasteiger partial charge in [0.25, 0.3) is 0 Å². The number of allylic oxidation sites excluding steroid dienone is 7. The van der Waals surface area contributed by atoms with Crippen molar-refractivity contribution < 1.29 is 34.5 Å². The second kappa shape index (κ2) is 13.4. The molecule has 0 N–H and O–H groups in total. The number of hydrogen-bond acceptors (Lipinski definition) is 2. The van der Waals surface area contributed by atoms with E-state index in [-0.39, 0.29) is 10.8 Å². The fourth-order valence-corrected chi connectivity index (χ4v) is 7.41. The first kappa shape index (κ1) is 39.1. The first-order chi connectivity index (χ1) is 24.0. The van der Waals surface area contributed by atoms with Crippen molar-refractivity contribution in [2.24, 2.45) is 0 Å². The van der Waals surface area contributed by atoms with Gasteiger partial charge in [-0.1, -0.05) is 80.8 Å². The van der Waals surface area contributed by atoms with Crippen LogP contribution in [0.2, 0.25) is 0 Å². The van der Waals surface area contributed by atoms with E-state index in [1.165, 1.54) is 69.0 Å². The molecule has 0 aromatic heterocycles. The zero-order valence-electron chi connectivity index (χ0n) is 31.2. The maximum atomic E-state index is 9.87. The van der Waals surface area contributed by atoms with Gasteiger partial charge >= 0.3 is 33.0 Å². The Balaban J connectivity index is 0.000000679. The Labute approximate surface area is 303 Å². The zero-order valence-corrected chi connectivity index (χ0v) is 32.1. The van der Waals surface area contributed by atoms with Crippen molar-refractivity contribution in [3.63, 3.8) is 0 Å². The molecule has 3 aliphatic rings. The fourth-order valence-electron chi connectivity index (χ4n) is 7.41. The van der Waals surface area contributed by atoms with E-state index in [1.54, 1.807) is 0 Å². The van der Waals surface area contributed by atoms with Crippen molar-refractivity contribution in [1.29, 1.82) is 0 Å². The summed E-state index contributed by atoms with van der Waals surface area (Å²) in [6.45, 7) is 17.1. The van der Waals surface area contributed by atoms with Crippen LogP contribution < -0.4 is 9.64 Å². The van der Waals surface area contributed by atoms with Gasteiger partial charge in [0.1, 0.15) is 18.6 Å². The van der Waals surface area contributed by atoms with Gasteiger partial charge in [-0.15, -0.1) is 0 Å². The quantitative estimate of drug-likeness (QED) is 0.130. The van der Waals surface area contributed by atoms with Gasteiger partial charge in [0, 0.05) is 41.1 Å². The van der Waals surface area contributed by atoms with Crippen molar-refractivity contribution in [2.75, 3.05) is 18.5 Å². The molecule has 3 aromatic rings. The van der Waals surface area contributed by atoms with Crippen LogP contribution in [-0.2, 0) is 10.8 Å². The number of benzene rings is 3. The summed E-state index contributed by atoms with van der Waals surface area (Å²) < 4.78 is 68.3. The van der Waals surface area contributed by atoms with Crippen molar-refractivity contribution in [3.05, 3.63) is 136 Å². The number of hydrogen-bond donors (Lipinski definition) is 0. The van der Waals surface area contributed by atoms with Crippen molar-refractivity contribution in [2.45, 2.75) is 85.0 Å². The average Bonchev–Trinajstić information content (AvgIpc) is 3.57. The van der Waals surface area contributed by atoms with Gasteiger partial charge in [-0.2, -0.15) is 4.58 Å². The van der Waals surface area contributed by atoms with Crippen LogP contribution >= 0.6 is 7.81 Å². The molecule has 0 atom stereocenters. The molecule has 0 saturated carbocycles. The van der Waals surface area contributed by atoms with E-state index < -0.39 is 7.81 Å². The first-order valence-electron chi connectivity index (χ1n) is 17.7. The number of para-hydroxylation sites is 1. The van der Waals surface area contributed by atoms with Gasteiger partial charge in [0.15, 0.2) is 5.71 Å². The summed E-state index contributed by atoms with van der Waals surface area (Å²) in [5.41, 5.74) is 13.1. The zero-order chi connectivity index (χ0) is 38.3. The molecule has 2 heterocycles. The van der Waals surface area contributed by atoms with Gasteiger partial charge in [0.05, 0.1) is 5.41 Å². The van der Waals surface area contributed by atoms with E-state index in [4.69, 9.17) is 4.74 Å². The molecule has 280 valence electrons. The maximum absolute atomic E-state index is 10.7. The molecule has 3 nitrogen and oxygen atoms in total. The second-order valence-corrected chi connectivity index (χ2v) is 17.0. The SMILES string of the molecule is CCCCN1C(=CC=C2CCC(C=CC3=[N+](C)c4ccc(C)cc4C3(C)C)=C2Oc2ccccc2)C(C)(C)c2cc(C)ccc21.F[P-](F)(F)(F)(F)F. The molecule has 0 amide bonds. The van der Waals surface area contributed by atoms with Gasteiger partial charge < -0.3 is 9.64 Å². The molecular weight excluding hydrogens is 693 g/mol. The Morgan fingerprint density at radius 2 is 1.40 bits per heavy atom. The normalized spacial score (nSPS) is 20.6. The molecule has 0 fully saturated rings. The third-order valence-corrected chi connectivity index (χ3v) is 10.1. The summed E-state index contributed by atoms with van der Waals surface area (Å²) in [5, 5.41) is 0. The Kier molecular flexibility index (Phi) is 10.1. The van der Waals surface area contributed by atoms with Crippen molar-refractivity contribution >= 4 is 24.9 Å². The molecule has 10 heteroatoms. The topological polar surface area (TPSA) is 15.5 Å². The summed E-state index contributed by atoms with van der Waals surface area (Å²) in [6.07, 6.45) is 13.6. The molecule has 1 aliphatic carbocycles. The Bertz CT molecular complexity index is 2010. The molecule has 0 spiro atoms. The number of ether oxygens (including phenoxy) is 1. The van der Waals surface area contributed by atoms with Gasteiger partial charge in [-0.05, 0) is 100 Å². The standard InChI is InChI=1S/C42H49N2O.F6P/c1-9-10-26-44-37-23-17-30(3)28-35(37)42(6,7)39(44)25-21-32-19-18-31(40(32)45-33-14-12-11-13-15-33)20-24-38-41(4,5)34-27-29(2)16-22-36(34)43(38)8;1-7(2,3,4,5)6/h11-17,20-25,27-28H,9-10,18-19,26H2,1-8H3;/q+1;-1. The predicted octanol–water partition coefficient (Wildman–Crippen LogP) is 13.8. The van der Waals surface area contributed by atoms with Crippen molar-refractivity contribution in [3.8, 4) is 5.75 Å². The second-order valence-electron chi connectivity index (χ2n) is 15.0. The van der Waals surface area contributed by atoms with E-state index >= 15 is 0 Å². The van der Waals surface area contributed by atoms with Gasteiger partial charge in [-0.25, -0.2) is 0 Å². The molecule has 52 heavy (non-hydrogen) atoms. The molecule has 2 aliphatic heterocycles. The fraction of sp³-hybridized carbons (Fsp3) is 0.357. The number of halogens is 6. The summed E-state index contributed by atoms with van der Waals surface area (Å²) in [6, 6.07) is 24.0. The van der Waals surface area contributed by atoms with E-state index in [9.17, 15) is 25.2 Å². The molecule has 6 rings (SSSR count). The number of rotatable bonds is 8. The van der Waals surface area contributed by atoms with Crippen molar-refractivity contribution in [1.82, 2.24) is 0 Å². The molecule has 0 bridgehead atoms. The minimum absolute atomic E-state index is 0.0691. The number of aryl methyl sites for hydroxylation is 2. The van der Waals surface area contributed by atoms with Crippen LogP contribution in [0.4, 0.5) is 36.6 Å². The summed E-state index contributed by atoms with van der Waals surface area (Å²) in [4.78, 5) is 2.56.